The first kappa shape index (κ1) is 13.4. The molecule has 2 heterocycles. The van der Waals surface area contributed by atoms with Crippen LogP contribution in [0.25, 0.3) is 11.2 Å². The molecule has 6 nitrogen and oxygen atoms in total. The number of nitrogens with two attached hydrogens (primary N) is 1. The second-order valence-electron chi connectivity index (χ2n) is 5.26. The number of nitrogen functional groups attached to an aromatic ring is 1. The van der Waals surface area contributed by atoms with Gasteiger partial charge in [0.15, 0.2) is 11.5 Å². The first-order valence-corrected chi connectivity index (χ1v) is 6.92. The van der Waals surface area contributed by atoms with Crippen LogP contribution in [0.2, 0.25) is 0 Å². The second-order valence-corrected chi connectivity index (χ2v) is 5.26. The van der Waals surface area contributed by atoms with E-state index in [1.165, 1.54) is 5.56 Å². The smallest absolute Gasteiger partial charge is 0.226 e. The van der Waals surface area contributed by atoms with E-state index >= 15 is 0 Å². The van der Waals surface area contributed by atoms with E-state index in [1.54, 1.807) is 6.33 Å². The summed E-state index contributed by atoms with van der Waals surface area (Å²) in [5.74, 6) is 0.930. The Hall–Kier alpha value is -2.63. The second kappa shape index (κ2) is 5.40. The van der Waals surface area contributed by atoms with Gasteiger partial charge in [-0.1, -0.05) is 30.3 Å². The van der Waals surface area contributed by atoms with Gasteiger partial charge in [-0.05, 0) is 19.4 Å². The molecule has 0 bridgehead atoms. The van der Waals surface area contributed by atoms with Crippen molar-refractivity contribution >= 4 is 22.9 Å². The summed E-state index contributed by atoms with van der Waals surface area (Å²) in [5, 5.41) is 3.18. The number of anilines is 2. The molecule has 0 saturated carbocycles. The molecule has 0 aliphatic rings. The van der Waals surface area contributed by atoms with Crippen molar-refractivity contribution in [2.24, 2.45) is 0 Å². The lowest BCUT2D eigenvalue weighted by atomic mass is 10.2. The highest BCUT2D eigenvalue weighted by atomic mass is 15.2. The third kappa shape index (κ3) is 2.79. The lowest BCUT2D eigenvalue weighted by molar-refractivity contribution is 0.810. The van der Waals surface area contributed by atoms with Gasteiger partial charge in [-0.25, -0.2) is 4.98 Å². The molecule has 0 saturated heterocycles. The monoisotopic (exact) mass is 282 g/mol. The van der Waals surface area contributed by atoms with Crippen molar-refractivity contribution in [1.82, 2.24) is 19.5 Å². The summed E-state index contributed by atoms with van der Waals surface area (Å²) < 4.78 is 1.98. The normalized spacial score (nSPS) is 11.2. The summed E-state index contributed by atoms with van der Waals surface area (Å²) in [5.41, 5.74) is 8.54. The largest absolute Gasteiger partial charge is 0.382 e. The molecular weight excluding hydrogens is 264 g/mol. The summed E-state index contributed by atoms with van der Waals surface area (Å²) in [6.07, 6.45) is 1.75. The number of nitrogens with zero attached hydrogens (tertiary/aromatic N) is 4. The number of aromatic nitrogens is 4. The highest BCUT2D eigenvalue weighted by molar-refractivity contribution is 5.82. The SMILES string of the molecule is CC(C)Nc1nc(N)c2ncn(Cc3ccccc3)c2n1. The quantitative estimate of drug-likeness (QED) is 0.767. The molecule has 2 aromatic heterocycles. The molecule has 3 N–H and O–H groups in total. The van der Waals surface area contributed by atoms with Crippen LogP contribution < -0.4 is 11.1 Å². The van der Waals surface area contributed by atoms with E-state index in [2.05, 4.69) is 32.4 Å². The minimum Gasteiger partial charge on any atom is -0.382 e. The maximum absolute atomic E-state index is 5.97. The molecule has 0 fully saturated rings. The van der Waals surface area contributed by atoms with E-state index in [9.17, 15) is 0 Å². The van der Waals surface area contributed by atoms with Crippen molar-refractivity contribution < 1.29 is 0 Å². The standard InChI is InChI=1S/C15H18N6/c1-10(2)18-15-19-13(16)12-14(20-15)21(9-17-12)8-11-6-4-3-5-7-11/h3-7,9-10H,8H2,1-2H3,(H3,16,18,19,20). The van der Waals surface area contributed by atoms with Crippen molar-refractivity contribution in [2.75, 3.05) is 11.1 Å². The molecule has 3 rings (SSSR count). The number of hydrogen-bond donors (Lipinski definition) is 2. The number of fused-ring (bicyclic) bond motifs is 1. The Labute approximate surface area is 123 Å². The van der Waals surface area contributed by atoms with Crippen LogP contribution in [0.1, 0.15) is 19.4 Å². The number of imidazole rings is 1. The van der Waals surface area contributed by atoms with E-state index in [4.69, 9.17) is 5.73 Å². The van der Waals surface area contributed by atoms with Crippen molar-refractivity contribution in [3.8, 4) is 0 Å². The number of hydrogen-bond acceptors (Lipinski definition) is 5. The lowest BCUT2D eigenvalue weighted by Crippen LogP contribution is -2.14. The molecule has 0 aliphatic heterocycles. The van der Waals surface area contributed by atoms with E-state index in [-0.39, 0.29) is 6.04 Å². The summed E-state index contributed by atoms with van der Waals surface area (Å²) in [4.78, 5) is 13.1. The Morgan fingerprint density at radius 3 is 2.67 bits per heavy atom. The zero-order valence-corrected chi connectivity index (χ0v) is 12.1. The van der Waals surface area contributed by atoms with Gasteiger partial charge in [-0.15, -0.1) is 0 Å². The van der Waals surface area contributed by atoms with Crippen LogP contribution >= 0.6 is 0 Å². The minimum atomic E-state index is 0.243. The van der Waals surface area contributed by atoms with Crippen molar-refractivity contribution in [2.45, 2.75) is 26.4 Å². The fraction of sp³-hybridized carbons (Fsp3) is 0.267. The summed E-state index contributed by atoms with van der Waals surface area (Å²) in [6.45, 7) is 4.77. The maximum Gasteiger partial charge on any atom is 0.226 e. The van der Waals surface area contributed by atoms with Crippen molar-refractivity contribution in [1.29, 1.82) is 0 Å². The lowest BCUT2D eigenvalue weighted by Gasteiger charge is -2.09. The molecule has 21 heavy (non-hydrogen) atoms. The first-order chi connectivity index (χ1) is 10.1. The summed E-state index contributed by atoms with van der Waals surface area (Å²) in [6, 6.07) is 10.4. The molecule has 0 amide bonds. The molecule has 108 valence electrons. The van der Waals surface area contributed by atoms with Crippen LogP contribution in [0.4, 0.5) is 11.8 Å². The number of benzene rings is 1. The van der Waals surface area contributed by atoms with Gasteiger partial charge in [-0.3, -0.25) is 0 Å². The number of rotatable bonds is 4. The average molecular weight is 282 g/mol. The minimum absolute atomic E-state index is 0.243. The molecule has 0 unspecified atom stereocenters. The number of nitrogens with one attached hydrogen (secondary N) is 1. The highest BCUT2D eigenvalue weighted by Crippen LogP contribution is 2.19. The third-order valence-electron chi connectivity index (χ3n) is 3.10. The predicted octanol–water partition coefficient (Wildman–Crippen LogP) is 2.28. The van der Waals surface area contributed by atoms with Gasteiger partial charge >= 0.3 is 0 Å². The Bertz CT molecular complexity index is 747. The maximum atomic E-state index is 5.97. The molecule has 3 aromatic rings. The van der Waals surface area contributed by atoms with Gasteiger partial charge < -0.3 is 15.6 Å². The molecule has 0 atom stereocenters. The Morgan fingerprint density at radius 1 is 1.19 bits per heavy atom. The van der Waals surface area contributed by atoms with Crippen LogP contribution in [0.5, 0.6) is 0 Å². The highest BCUT2D eigenvalue weighted by Gasteiger charge is 2.12. The molecule has 0 radical (unpaired) electrons. The topological polar surface area (TPSA) is 81.6 Å². The van der Waals surface area contributed by atoms with E-state index in [0.29, 0.717) is 23.8 Å². The fourth-order valence-electron chi connectivity index (χ4n) is 2.18. The van der Waals surface area contributed by atoms with Crippen LogP contribution in [-0.4, -0.2) is 25.6 Å². The van der Waals surface area contributed by atoms with Crippen LogP contribution in [-0.2, 0) is 6.54 Å². The van der Waals surface area contributed by atoms with Gasteiger partial charge in [0, 0.05) is 6.04 Å². The van der Waals surface area contributed by atoms with E-state index in [0.717, 1.165) is 5.65 Å². The van der Waals surface area contributed by atoms with Gasteiger partial charge in [-0.2, -0.15) is 9.97 Å². The Kier molecular flexibility index (Phi) is 3.43. The zero-order chi connectivity index (χ0) is 14.8. The predicted molar refractivity (Wildman–Crippen MR) is 84.0 cm³/mol. The molecule has 0 spiro atoms. The summed E-state index contributed by atoms with van der Waals surface area (Å²) >= 11 is 0. The molecule has 0 aliphatic carbocycles. The summed E-state index contributed by atoms with van der Waals surface area (Å²) in [7, 11) is 0. The van der Waals surface area contributed by atoms with Crippen LogP contribution in [0, 0.1) is 0 Å². The van der Waals surface area contributed by atoms with Crippen molar-refractivity contribution in [3.63, 3.8) is 0 Å². The average Bonchev–Trinajstić information content (AvgIpc) is 2.83. The molecular formula is C15H18N6. The first-order valence-electron chi connectivity index (χ1n) is 6.92. The van der Waals surface area contributed by atoms with Gasteiger partial charge in [0.25, 0.3) is 0 Å². The zero-order valence-electron chi connectivity index (χ0n) is 12.1. The van der Waals surface area contributed by atoms with Crippen molar-refractivity contribution in [3.05, 3.63) is 42.2 Å². The van der Waals surface area contributed by atoms with E-state index in [1.807, 2.05) is 36.6 Å². The van der Waals surface area contributed by atoms with Crippen LogP contribution in [0.3, 0.4) is 0 Å². The molecule has 6 heteroatoms. The fourth-order valence-corrected chi connectivity index (χ4v) is 2.18. The van der Waals surface area contributed by atoms with Gasteiger partial charge in [0.2, 0.25) is 5.95 Å². The van der Waals surface area contributed by atoms with Gasteiger partial charge in [0.05, 0.1) is 12.9 Å². The third-order valence-corrected chi connectivity index (χ3v) is 3.10. The Balaban J connectivity index is 2.01. The molecule has 1 aromatic carbocycles. The Morgan fingerprint density at radius 2 is 1.95 bits per heavy atom. The van der Waals surface area contributed by atoms with E-state index < -0.39 is 0 Å². The van der Waals surface area contributed by atoms with Gasteiger partial charge in [0.1, 0.15) is 5.52 Å². The van der Waals surface area contributed by atoms with Crippen LogP contribution in [0.15, 0.2) is 36.7 Å².